The smallest absolute Gasteiger partial charge is 0.217 e. The van der Waals surface area contributed by atoms with Gasteiger partial charge in [0, 0.05) is 19.7 Å². The molecule has 3 heteroatoms. The van der Waals surface area contributed by atoms with Crippen LogP contribution in [0.4, 0.5) is 0 Å². The Kier molecular flexibility index (Phi) is 3.54. The summed E-state index contributed by atoms with van der Waals surface area (Å²) in [5, 5.41) is 5.55. The van der Waals surface area contributed by atoms with Crippen LogP contribution in [0.1, 0.15) is 13.8 Å². The van der Waals surface area contributed by atoms with Crippen molar-refractivity contribution in [3.63, 3.8) is 0 Å². The molecular formula is C7H14N2O. The molecular weight excluding hydrogens is 128 g/mol. The fourth-order valence-electron chi connectivity index (χ4n) is 0.609. The Hall–Kier alpha value is -0.990. The van der Waals surface area contributed by atoms with E-state index in [1.54, 1.807) is 7.05 Å². The summed E-state index contributed by atoms with van der Waals surface area (Å²) in [7, 11) is 1.78. The molecule has 0 bridgehead atoms. The first-order chi connectivity index (χ1) is 4.57. The fraction of sp³-hybridized carbons (Fsp3) is 0.571. The van der Waals surface area contributed by atoms with Gasteiger partial charge >= 0.3 is 0 Å². The maximum atomic E-state index is 10.5. The molecule has 1 atom stereocenters. The monoisotopic (exact) mass is 142 g/mol. The average Bonchev–Trinajstić information content (AvgIpc) is 1.85. The summed E-state index contributed by atoms with van der Waals surface area (Å²) < 4.78 is 0. The zero-order chi connectivity index (χ0) is 8.15. The van der Waals surface area contributed by atoms with Crippen LogP contribution in [0.2, 0.25) is 0 Å². The third-order valence-electron chi connectivity index (χ3n) is 1.26. The lowest BCUT2D eigenvalue weighted by Crippen LogP contribution is -2.35. The third kappa shape index (κ3) is 3.12. The molecule has 0 heterocycles. The van der Waals surface area contributed by atoms with Crippen molar-refractivity contribution in [3.05, 3.63) is 12.3 Å². The van der Waals surface area contributed by atoms with E-state index in [1.165, 1.54) is 6.92 Å². The van der Waals surface area contributed by atoms with Gasteiger partial charge < -0.3 is 10.6 Å². The molecule has 0 radical (unpaired) electrons. The van der Waals surface area contributed by atoms with Gasteiger partial charge in [0.2, 0.25) is 5.91 Å². The van der Waals surface area contributed by atoms with Gasteiger partial charge in [0.1, 0.15) is 0 Å². The van der Waals surface area contributed by atoms with Crippen LogP contribution in [-0.2, 0) is 4.79 Å². The second-order valence-electron chi connectivity index (χ2n) is 2.20. The first kappa shape index (κ1) is 9.01. The molecule has 10 heavy (non-hydrogen) atoms. The van der Waals surface area contributed by atoms with Gasteiger partial charge in [0.15, 0.2) is 0 Å². The van der Waals surface area contributed by atoms with E-state index in [0.29, 0.717) is 0 Å². The summed E-state index contributed by atoms with van der Waals surface area (Å²) in [6.45, 7) is 7.06. The predicted octanol–water partition coefficient (Wildman–Crippen LogP) is 0.244. The summed E-state index contributed by atoms with van der Waals surface area (Å²) in [5.74, 6) is -0.0381. The van der Waals surface area contributed by atoms with Crippen LogP contribution in [0.3, 0.4) is 0 Å². The Morgan fingerprint density at radius 1 is 1.60 bits per heavy atom. The van der Waals surface area contributed by atoms with E-state index in [9.17, 15) is 4.79 Å². The van der Waals surface area contributed by atoms with Crippen molar-refractivity contribution in [2.75, 3.05) is 7.05 Å². The van der Waals surface area contributed by atoms with Gasteiger partial charge in [-0.05, 0) is 6.92 Å². The van der Waals surface area contributed by atoms with Gasteiger partial charge in [-0.15, -0.1) is 0 Å². The SMILES string of the molecule is C=C(NC)[C@H](C)NC(C)=O. The fourth-order valence-corrected chi connectivity index (χ4v) is 0.609. The summed E-state index contributed by atoms with van der Waals surface area (Å²) >= 11 is 0. The molecule has 0 saturated heterocycles. The molecule has 0 fully saturated rings. The van der Waals surface area contributed by atoms with Crippen molar-refractivity contribution >= 4 is 5.91 Å². The van der Waals surface area contributed by atoms with Crippen molar-refractivity contribution in [2.45, 2.75) is 19.9 Å². The molecule has 0 rings (SSSR count). The van der Waals surface area contributed by atoms with Crippen LogP contribution < -0.4 is 10.6 Å². The van der Waals surface area contributed by atoms with E-state index in [2.05, 4.69) is 17.2 Å². The Balaban J connectivity index is 3.72. The minimum absolute atomic E-state index is 0.00231. The van der Waals surface area contributed by atoms with Crippen LogP contribution >= 0.6 is 0 Å². The van der Waals surface area contributed by atoms with Crippen LogP contribution in [0.15, 0.2) is 12.3 Å². The molecule has 0 spiro atoms. The largest absolute Gasteiger partial charge is 0.390 e. The number of nitrogens with one attached hydrogen (secondary N) is 2. The van der Waals surface area contributed by atoms with E-state index in [1.807, 2.05) is 6.92 Å². The molecule has 3 nitrogen and oxygen atoms in total. The second-order valence-corrected chi connectivity index (χ2v) is 2.20. The Morgan fingerprint density at radius 3 is 2.40 bits per heavy atom. The van der Waals surface area contributed by atoms with Crippen LogP contribution in [0.5, 0.6) is 0 Å². The van der Waals surface area contributed by atoms with E-state index in [-0.39, 0.29) is 11.9 Å². The summed E-state index contributed by atoms with van der Waals surface area (Å²) in [6, 6.07) is 0.00231. The highest BCUT2D eigenvalue weighted by Gasteiger charge is 2.03. The van der Waals surface area contributed by atoms with E-state index >= 15 is 0 Å². The topological polar surface area (TPSA) is 41.1 Å². The number of rotatable bonds is 3. The average molecular weight is 142 g/mol. The van der Waals surface area contributed by atoms with Crippen LogP contribution in [0.25, 0.3) is 0 Å². The zero-order valence-electron chi connectivity index (χ0n) is 6.69. The maximum absolute atomic E-state index is 10.5. The van der Waals surface area contributed by atoms with Crippen molar-refractivity contribution in [2.24, 2.45) is 0 Å². The normalized spacial score (nSPS) is 11.9. The van der Waals surface area contributed by atoms with E-state index in [0.717, 1.165) is 5.70 Å². The number of amides is 1. The quantitative estimate of drug-likeness (QED) is 0.593. The zero-order valence-corrected chi connectivity index (χ0v) is 6.69. The van der Waals surface area contributed by atoms with Gasteiger partial charge in [-0.3, -0.25) is 4.79 Å². The molecule has 0 saturated carbocycles. The molecule has 0 aromatic heterocycles. The highest BCUT2D eigenvalue weighted by Crippen LogP contribution is 1.91. The number of carbonyl (C=O) groups is 1. The first-order valence-corrected chi connectivity index (χ1v) is 3.21. The first-order valence-electron chi connectivity index (χ1n) is 3.21. The molecule has 1 amide bonds. The van der Waals surface area contributed by atoms with E-state index in [4.69, 9.17) is 0 Å². The summed E-state index contributed by atoms with van der Waals surface area (Å²) in [5.41, 5.74) is 0.815. The molecule has 0 unspecified atom stereocenters. The van der Waals surface area contributed by atoms with Gasteiger partial charge in [0.05, 0.1) is 6.04 Å². The maximum Gasteiger partial charge on any atom is 0.217 e. The van der Waals surface area contributed by atoms with Crippen molar-refractivity contribution < 1.29 is 4.79 Å². The molecule has 0 aromatic rings. The van der Waals surface area contributed by atoms with Gasteiger partial charge in [-0.1, -0.05) is 6.58 Å². The summed E-state index contributed by atoms with van der Waals surface area (Å²) in [4.78, 5) is 10.5. The third-order valence-corrected chi connectivity index (χ3v) is 1.26. The predicted molar refractivity (Wildman–Crippen MR) is 41.5 cm³/mol. The molecule has 0 aliphatic heterocycles. The molecule has 0 aliphatic rings. The number of likely N-dealkylation sites (N-methyl/N-ethyl adjacent to an activating group) is 1. The second kappa shape index (κ2) is 3.93. The van der Waals surface area contributed by atoms with Crippen LogP contribution in [-0.4, -0.2) is 19.0 Å². The summed E-state index contributed by atoms with van der Waals surface area (Å²) in [6.07, 6.45) is 0. The van der Waals surface area contributed by atoms with Gasteiger partial charge in [-0.2, -0.15) is 0 Å². The number of hydrogen-bond donors (Lipinski definition) is 2. The number of hydrogen-bond acceptors (Lipinski definition) is 2. The molecule has 0 aliphatic carbocycles. The molecule has 0 aromatic carbocycles. The van der Waals surface area contributed by atoms with Crippen molar-refractivity contribution in [3.8, 4) is 0 Å². The minimum Gasteiger partial charge on any atom is -0.390 e. The Labute approximate surface area is 61.5 Å². The molecule has 58 valence electrons. The Morgan fingerprint density at radius 2 is 2.10 bits per heavy atom. The van der Waals surface area contributed by atoms with Gasteiger partial charge in [-0.25, -0.2) is 0 Å². The Bertz CT molecular complexity index is 143. The lowest BCUT2D eigenvalue weighted by Gasteiger charge is -2.14. The highest BCUT2D eigenvalue weighted by molar-refractivity contribution is 5.73. The standard InChI is InChI=1S/C7H14N2O/c1-5(8-4)6(2)9-7(3)10/h6,8H,1H2,2-4H3,(H,9,10)/t6-/m0/s1. The van der Waals surface area contributed by atoms with Crippen LogP contribution in [0, 0.1) is 0 Å². The highest BCUT2D eigenvalue weighted by atomic mass is 16.1. The lowest BCUT2D eigenvalue weighted by molar-refractivity contribution is -0.119. The van der Waals surface area contributed by atoms with E-state index < -0.39 is 0 Å². The van der Waals surface area contributed by atoms with Gasteiger partial charge in [0.25, 0.3) is 0 Å². The minimum atomic E-state index is -0.0381. The lowest BCUT2D eigenvalue weighted by atomic mass is 10.2. The van der Waals surface area contributed by atoms with Crippen molar-refractivity contribution in [1.82, 2.24) is 10.6 Å². The number of carbonyl (C=O) groups excluding carboxylic acids is 1. The molecule has 2 N–H and O–H groups in total. The van der Waals surface area contributed by atoms with Crippen molar-refractivity contribution in [1.29, 1.82) is 0 Å².